The van der Waals surface area contributed by atoms with Gasteiger partial charge < -0.3 is 11.1 Å². The minimum Gasteiger partial charge on any atom is -0.397 e. The monoisotopic (exact) mass is 296 g/mol. The zero-order valence-corrected chi connectivity index (χ0v) is 12.5. The van der Waals surface area contributed by atoms with Gasteiger partial charge in [-0.2, -0.15) is 0 Å². The lowest BCUT2D eigenvalue weighted by Crippen LogP contribution is -2.11. The maximum Gasteiger partial charge on any atom is 0.267 e. The SMILES string of the molecule is CCc1ccc(NC(=O)c2sc3ccccc3c2N)cc1. The molecular formula is C17H16N2OS. The predicted octanol–water partition coefficient (Wildman–Crippen LogP) is 4.30. The van der Waals surface area contributed by atoms with Crippen molar-refractivity contribution in [1.82, 2.24) is 0 Å². The zero-order valence-electron chi connectivity index (χ0n) is 11.7. The minimum absolute atomic E-state index is 0.155. The van der Waals surface area contributed by atoms with E-state index >= 15 is 0 Å². The Bertz CT molecular complexity index is 790. The average molecular weight is 296 g/mol. The first-order valence-electron chi connectivity index (χ1n) is 6.86. The van der Waals surface area contributed by atoms with Crippen molar-refractivity contribution in [1.29, 1.82) is 0 Å². The molecule has 0 bridgehead atoms. The molecule has 0 fully saturated rings. The van der Waals surface area contributed by atoms with Crippen molar-refractivity contribution in [2.75, 3.05) is 11.1 Å². The summed E-state index contributed by atoms with van der Waals surface area (Å²) in [5.41, 5.74) is 8.67. The number of rotatable bonds is 3. The number of amides is 1. The van der Waals surface area contributed by atoms with E-state index in [1.807, 2.05) is 48.5 Å². The summed E-state index contributed by atoms with van der Waals surface area (Å²) in [5, 5.41) is 3.84. The summed E-state index contributed by atoms with van der Waals surface area (Å²) in [6.45, 7) is 2.10. The molecule has 0 saturated heterocycles. The molecule has 106 valence electrons. The number of thiophene rings is 1. The second-order valence-corrected chi connectivity index (χ2v) is 5.90. The number of anilines is 2. The Kier molecular flexibility index (Phi) is 3.62. The second kappa shape index (κ2) is 5.58. The number of nitrogen functional groups attached to an aromatic ring is 1. The van der Waals surface area contributed by atoms with Crippen molar-refractivity contribution in [2.24, 2.45) is 0 Å². The van der Waals surface area contributed by atoms with Gasteiger partial charge in [0.05, 0.1) is 5.69 Å². The number of nitrogens with two attached hydrogens (primary N) is 1. The van der Waals surface area contributed by atoms with Gasteiger partial charge in [0.25, 0.3) is 5.91 Å². The Labute approximate surface area is 127 Å². The lowest BCUT2D eigenvalue weighted by atomic mass is 10.1. The fourth-order valence-electron chi connectivity index (χ4n) is 2.25. The van der Waals surface area contributed by atoms with E-state index in [1.54, 1.807) is 0 Å². The first-order chi connectivity index (χ1) is 10.2. The first kappa shape index (κ1) is 13.6. The van der Waals surface area contributed by atoms with Gasteiger partial charge in [-0.15, -0.1) is 11.3 Å². The number of benzene rings is 2. The van der Waals surface area contributed by atoms with Gasteiger partial charge in [-0.3, -0.25) is 4.79 Å². The molecule has 3 N–H and O–H groups in total. The topological polar surface area (TPSA) is 55.1 Å². The number of hydrogen-bond donors (Lipinski definition) is 2. The van der Waals surface area contributed by atoms with Gasteiger partial charge in [0, 0.05) is 15.8 Å². The van der Waals surface area contributed by atoms with Gasteiger partial charge in [0.1, 0.15) is 4.88 Å². The fraction of sp³-hybridized carbons (Fsp3) is 0.118. The van der Waals surface area contributed by atoms with E-state index in [2.05, 4.69) is 12.2 Å². The van der Waals surface area contributed by atoms with Crippen molar-refractivity contribution in [3.05, 3.63) is 59.0 Å². The van der Waals surface area contributed by atoms with Crippen LogP contribution in [0.5, 0.6) is 0 Å². The van der Waals surface area contributed by atoms with Crippen LogP contribution < -0.4 is 11.1 Å². The number of hydrogen-bond acceptors (Lipinski definition) is 3. The van der Waals surface area contributed by atoms with Gasteiger partial charge in [-0.25, -0.2) is 0 Å². The molecule has 0 radical (unpaired) electrons. The molecule has 1 heterocycles. The quantitative estimate of drug-likeness (QED) is 0.757. The minimum atomic E-state index is -0.155. The van der Waals surface area contributed by atoms with Gasteiger partial charge in [0.15, 0.2) is 0 Å². The van der Waals surface area contributed by atoms with E-state index in [9.17, 15) is 4.79 Å². The molecule has 1 aromatic heterocycles. The van der Waals surface area contributed by atoms with Crippen molar-refractivity contribution in [2.45, 2.75) is 13.3 Å². The Balaban J connectivity index is 1.87. The molecule has 3 nitrogen and oxygen atoms in total. The van der Waals surface area contributed by atoms with Crippen LogP contribution in [-0.4, -0.2) is 5.91 Å². The molecule has 0 unspecified atom stereocenters. The highest BCUT2D eigenvalue weighted by atomic mass is 32.1. The predicted molar refractivity (Wildman–Crippen MR) is 90.0 cm³/mol. The van der Waals surface area contributed by atoms with E-state index in [1.165, 1.54) is 16.9 Å². The van der Waals surface area contributed by atoms with Gasteiger partial charge in [-0.1, -0.05) is 37.3 Å². The summed E-state index contributed by atoms with van der Waals surface area (Å²) >= 11 is 1.42. The largest absolute Gasteiger partial charge is 0.397 e. The first-order valence-corrected chi connectivity index (χ1v) is 7.68. The summed E-state index contributed by atoms with van der Waals surface area (Å²) < 4.78 is 1.03. The Morgan fingerprint density at radius 1 is 1.14 bits per heavy atom. The van der Waals surface area contributed by atoms with Gasteiger partial charge in [-0.05, 0) is 30.2 Å². The van der Waals surface area contributed by atoms with Crippen molar-refractivity contribution in [3.63, 3.8) is 0 Å². The normalized spacial score (nSPS) is 10.7. The lowest BCUT2D eigenvalue weighted by molar-refractivity contribution is 0.103. The zero-order chi connectivity index (χ0) is 14.8. The summed E-state index contributed by atoms with van der Waals surface area (Å²) in [6, 6.07) is 15.7. The van der Waals surface area contributed by atoms with Crippen LogP contribution >= 0.6 is 11.3 Å². The molecule has 0 aliphatic carbocycles. The lowest BCUT2D eigenvalue weighted by Gasteiger charge is -2.05. The molecule has 0 aliphatic heterocycles. The molecule has 2 aromatic carbocycles. The van der Waals surface area contributed by atoms with E-state index in [4.69, 9.17) is 5.73 Å². The van der Waals surface area contributed by atoms with Gasteiger partial charge >= 0.3 is 0 Å². The van der Waals surface area contributed by atoms with Crippen LogP contribution in [0.4, 0.5) is 11.4 Å². The molecule has 4 heteroatoms. The molecule has 0 atom stereocenters. The van der Waals surface area contributed by atoms with E-state index in [-0.39, 0.29) is 5.91 Å². The molecule has 0 spiro atoms. The summed E-state index contributed by atoms with van der Waals surface area (Å²) in [4.78, 5) is 12.9. The van der Waals surface area contributed by atoms with E-state index < -0.39 is 0 Å². The highest BCUT2D eigenvalue weighted by Gasteiger charge is 2.16. The molecule has 1 amide bonds. The Morgan fingerprint density at radius 2 is 1.86 bits per heavy atom. The van der Waals surface area contributed by atoms with Crippen molar-refractivity contribution >= 4 is 38.7 Å². The molecule has 3 aromatic rings. The smallest absolute Gasteiger partial charge is 0.267 e. The van der Waals surface area contributed by atoms with Crippen molar-refractivity contribution < 1.29 is 4.79 Å². The van der Waals surface area contributed by atoms with Crippen LogP contribution in [0.1, 0.15) is 22.2 Å². The number of aryl methyl sites for hydroxylation is 1. The third kappa shape index (κ3) is 2.62. The number of carbonyl (C=O) groups excluding carboxylic acids is 1. The van der Waals surface area contributed by atoms with E-state index in [0.717, 1.165) is 22.2 Å². The van der Waals surface area contributed by atoms with Crippen LogP contribution in [0.3, 0.4) is 0 Å². The maximum absolute atomic E-state index is 12.4. The molecular weight excluding hydrogens is 280 g/mol. The molecule has 0 aliphatic rings. The highest BCUT2D eigenvalue weighted by molar-refractivity contribution is 7.21. The van der Waals surface area contributed by atoms with Gasteiger partial charge in [0.2, 0.25) is 0 Å². The standard InChI is InChI=1S/C17H16N2OS/c1-2-11-7-9-12(10-8-11)19-17(20)16-15(18)13-5-3-4-6-14(13)21-16/h3-10H,2,18H2,1H3,(H,19,20). The highest BCUT2D eigenvalue weighted by Crippen LogP contribution is 2.33. The molecule has 3 rings (SSSR count). The van der Waals surface area contributed by atoms with E-state index in [0.29, 0.717) is 10.6 Å². The molecule has 21 heavy (non-hydrogen) atoms. The van der Waals surface area contributed by atoms with Crippen LogP contribution in [-0.2, 0) is 6.42 Å². The third-order valence-electron chi connectivity index (χ3n) is 3.46. The summed E-state index contributed by atoms with van der Waals surface area (Å²) in [7, 11) is 0. The maximum atomic E-state index is 12.4. The third-order valence-corrected chi connectivity index (χ3v) is 4.65. The van der Waals surface area contributed by atoms with Crippen LogP contribution in [0.2, 0.25) is 0 Å². The van der Waals surface area contributed by atoms with Crippen molar-refractivity contribution in [3.8, 4) is 0 Å². The molecule has 0 saturated carbocycles. The van der Waals surface area contributed by atoms with Crippen LogP contribution in [0.25, 0.3) is 10.1 Å². The summed E-state index contributed by atoms with van der Waals surface area (Å²) in [6.07, 6.45) is 0.984. The summed E-state index contributed by atoms with van der Waals surface area (Å²) in [5.74, 6) is -0.155. The Morgan fingerprint density at radius 3 is 2.52 bits per heavy atom. The van der Waals surface area contributed by atoms with Crippen LogP contribution in [0.15, 0.2) is 48.5 Å². The number of carbonyl (C=O) groups is 1. The van der Waals surface area contributed by atoms with Crippen LogP contribution in [0, 0.1) is 0 Å². The number of nitrogens with one attached hydrogen (secondary N) is 1. The Hall–Kier alpha value is -2.33. The average Bonchev–Trinajstić information content (AvgIpc) is 2.86. The fourth-order valence-corrected chi connectivity index (χ4v) is 3.26. The number of fused-ring (bicyclic) bond motifs is 1. The second-order valence-electron chi connectivity index (χ2n) is 4.85.